The van der Waals surface area contributed by atoms with Gasteiger partial charge in [-0.25, -0.2) is 14.0 Å². The van der Waals surface area contributed by atoms with Crippen molar-refractivity contribution in [3.05, 3.63) is 24.0 Å². The second-order valence-corrected chi connectivity index (χ2v) is 7.99. The molecule has 3 saturated heterocycles. The van der Waals surface area contributed by atoms with Gasteiger partial charge in [-0.1, -0.05) is 0 Å². The maximum Gasteiger partial charge on any atom is 0.414 e. The van der Waals surface area contributed by atoms with E-state index < -0.39 is 18.0 Å². The lowest BCUT2D eigenvalue weighted by Gasteiger charge is -2.24. The SMILES string of the molecule is COC(=O)N1C[C@@H]2CN(c3ccc(N4C[C@H](CNC(C)=O)OC4=O)cc3F)C[C@@H]2C1. The number of halogens is 1. The van der Waals surface area contributed by atoms with Crippen LogP contribution in [-0.4, -0.2) is 75.5 Å². The van der Waals surface area contributed by atoms with Gasteiger partial charge >= 0.3 is 12.2 Å². The Morgan fingerprint density at radius 3 is 2.50 bits per heavy atom. The van der Waals surface area contributed by atoms with Crippen LogP contribution in [0.25, 0.3) is 0 Å². The van der Waals surface area contributed by atoms with Crippen molar-refractivity contribution in [3.63, 3.8) is 0 Å². The van der Waals surface area contributed by atoms with E-state index in [1.165, 1.54) is 25.0 Å². The summed E-state index contributed by atoms with van der Waals surface area (Å²) in [5, 5.41) is 2.61. The summed E-state index contributed by atoms with van der Waals surface area (Å²) in [4.78, 5) is 39.9. The maximum atomic E-state index is 14.9. The summed E-state index contributed by atoms with van der Waals surface area (Å²) < 4.78 is 24.9. The second kappa shape index (κ2) is 8.00. The largest absolute Gasteiger partial charge is 0.453 e. The molecule has 0 radical (unpaired) electrons. The molecule has 3 atom stereocenters. The molecule has 3 aliphatic heterocycles. The lowest BCUT2D eigenvalue weighted by molar-refractivity contribution is -0.119. The number of likely N-dealkylation sites (tertiary alicyclic amines) is 1. The van der Waals surface area contributed by atoms with Crippen molar-refractivity contribution in [1.29, 1.82) is 0 Å². The number of ether oxygens (including phenoxy) is 2. The minimum absolute atomic E-state index is 0.204. The maximum absolute atomic E-state index is 14.9. The summed E-state index contributed by atoms with van der Waals surface area (Å²) in [6, 6.07) is 4.72. The van der Waals surface area contributed by atoms with E-state index in [9.17, 15) is 18.8 Å². The van der Waals surface area contributed by atoms with E-state index in [2.05, 4.69) is 5.32 Å². The van der Waals surface area contributed by atoms with Crippen LogP contribution < -0.4 is 15.1 Å². The van der Waals surface area contributed by atoms with Crippen LogP contribution in [0.4, 0.5) is 25.4 Å². The molecule has 0 aliphatic carbocycles. The van der Waals surface area contributed by atoms with Gasteiger partial charge in [-0.15, -0.1) is 0 Å². The molecule has 3 aliphatic rings. The first-order valence-corrected chi connectivity index (χ1v) is 9.95. The zero-order valence-electron chi connectivity index (χ0n) is 17.0. The van der Waals surface area contributed by atoms with Crippen LogP contribution in [0.5, 0.6) is 0 Å². The molecule has 0 aromatic heterocycles. The number of benzene rings is 1. The van der Waals surface area contributed by atoms with Gasteiger partial charge in [0, 0.05) is 44.9 Å². The summed E-state index contributed by atoms with van der Waals surface area (Å²) in [6.45, 7) is 4.41. The fourth-order valence-electron chi connectivity index (χ4n) is 4.48. The predicted octanol–water partition coefficient (Wildman–Crippen LogP) is 1.42. The number of amides is 3. The average molecular weight is 420 g/mol. The Kier molecular flexibility index (Phi) is 5.40. The molecular weight excluding hydrogens is 395 g/mol. The van der Waals surface area contributed by atoms with E-state index >= 15 is 0 Å². The highest BCUT2D eigenvalue weighted by molar-refractivity contribution is 5.90. The van der Waals surface area contributed by atoms with Gasteiger partial charge in [-0.05, 0) is 18.2 Å². The highest BCUT2D eigenvalue weighted by Crippen LogP contribution is 2.36. The van der Waals surface area contributed by atoms with Gasteiger partial charge in [-0.2, -0.15) is 0 Å². The van der Waals surface area contributed by atoms with Gasteiger partial charge in [0.1, 0.15) is 11.9 Å². The Labute approximate surface area is 173 Å². The zero-order valence-corrected chi connectivity index (χ0v) is 17.0. The van der Waals surface area contributed by atoms with Crippen molar-refractivity contribution in [2.75, 3.05) is 56.2 Å². The number of fused-ring (bicyclic) bond motifs is 1. The average Bonchev–Trinajstić information content (AvgIpc) is 3.38. The summed E-state index contributed by atoms with van der Waals surface area (Å²) in [6.07, 6.45) is -1.35. The number of carbonyl (C=O) groups is 3. The van der Waals surface area contributed by atoms with Crippen LogP contribution in [0.3, 0.4) is 0 Å². The Bertz CT molecular complexity index is 852. The number of nitrogens with one attached hydrogen (secondary N) is 1. The first kappa shape index (κ1) is 20.2. The molecule has 30 heavy (non-hydrogen) atoms. The van der Waals surface area contributed by atoms with E-state index in [0.29, 0.717) is 37.6 Å². The van der Waals surface area contributed by atoms with E-state index in [0.717, 1.165) is 0 Å². The number of rotatable bonds is 4. The molecule has 1 aromatic carbocycles. The molecule has 1 aromatic rings. The van der Waals surface area contributed by atoms with E-state index in [1.807, 2.05) is 4.90 Å². The van der Waals surface area contributed by atoms with Crippen molar-refractivity contribution in [3.8, 4) is 0 Å². The smallest absolute Gasteiger partial charge is 0.414 e. The Morgan fingerprint density at radius 2 is 1.90 bits per heavy atom. The molecule has 0 unspecified atom stereocenters. The fraction of sp³-hybridized carbons (Fsp3) is 0.550. The molecule has 10 heteroatoms. The first-order valence-electron chi connectivity index (χ1n) is 9.95. The molecule has 3 heterocycles. The minimum Gasteiger partial charge on any atom is -0.453 e. The van der Waals surface area contributed by atoms with Crippen molar-refractivity contribution in [2.24, 2.45) is 11.8 Å². The lowest BCUT2D eigenvalue weighted by Crippen LogP contribution is -2.33. The fourth-order valence-corrected chi connectivity index (χ4v) is 4.48. The third kappa shape index (κ3) is 3.86. The normalized spacial score (nSPS) is 25.4. The number of hydrogen-bond donors (Lipinski definition) is 1. The number of nitrogens with zero attached hydrogens (tertiary/aromatic N) is 3. The number of carbonyl (C=O) groups excluding carboxylic acids is 3. The molecule has 0 spiro atoms. The van der Waals surface area contributed by atoms with Crippen LogP contribution >= 0.6 is 0 Å². The molecule has 162 valence electrons. The van der Waals surface area contributed by atoms with Crippen LogP contribution in [0, 0.1) is 17.7 Å². The van der Waals surface area contributed by atoms with Crippen LogP contribution in [0.2, 0.25) is 0 Å². The minimum atomic E-state index is -0.559. The van der Waals surface area contributed by atoms with Gasteiger partial charge in [0.2, 0.25) is 5.91 Å². The van der Waals surface area contributed by atoms with Gasteiger partial charge in [0.05, 0.1) is 31.6 Å². The molecule has 0 saturated carbocycles. The molecule has 3 amide bonds. The molecule has 3 fully saturated rings. The number of cyclic esters (lactones) is 1. The van der Waals surface area contributed by atoms with Crippen molar-refractivity contribution >= 4 is 29.5 Å². The van der Waals surface area contributed by atoms with Gasteiger partial charge in [0.25, 0.3) is 0 Å². The van der Waals surface area contributed by atoms with E-state index in [4.69, 9.17) is 9.47 Å². The topological polar surface area (TPSA) is 91.4 Å². The van der Waals surface area contributed by atoms with E-state index in [-0.39, 0.29) is 36.9 Å². The molecule has 9 nitrogen and oxygen atoms in total. The summed E-state index contributed by atoms with van der Waals surface area (Å²) in [5.74, 6) is -0.0436. The van der Waals surface area contributed by atoms with Gasteiger partial charge in [0.15, 0.2) is 0 Å². The van der Waals surface area contributed by atoms with Crippen molar-refractivity contribution < 1.29 is 28.2 Å². The highest BCUT2D eigenvalue weighted by atomic mass is 19.1. The second-order valence-electron chi connectivity index (χ2n) is 7.99. The third-order valence-electron chi connectivity index (χ3n) is 5.96. The van der Waals surface area contributed by atoms with Crippen LogP contribution in [-0.2, 0) is 14.3 Å². The Hall–Kier alpha value is -3.04. The van der Waals surface area contributed by atoms with E-state index in [1.54, 1.807) is 17.0 Å². The number of methoxy groups -OCH3 is 1. The Balaban J connectivity index is 1.40. The zero-order chi connectivity index (χ0) is 21.4. The summed E-state index contributed by atoms with van der Waals surface area (Å²) in [5.41, 5.74) is 0.906. The van der Waals surface area contributed by atoms with Crippen LogP contribution in [0.15, 0.2) is 18.2 Å². The van der Waals surface area contributed by atoms with Crippen molar-refractivity contribution in [2.45, 2.75) is 13.0 Å². The summed E-state index contributed by atoms with van der Waals surface area (Å²) in [7, 11) is 1.37. The third-order valence-corrected chi connectivity index (χ3v) is 5.96. The molecule has 1 N–H and O–H groups in total. The van der Waals surface area contributed by atoms with Gasteiger partial charge < -0.3 is 24.6 Å². The molecule has 0 bridgehead atoms. The first-order chi connectivity index (χ1) is 14.4. The lowest BCUT2D eigenvalue weighted by atomic mass is 10.0. The standard InChI is InChI=1S/C20H25FN4O5/c1-12(26)22-6-16-11-25(20(28)30-16)15-3-4-18(17(21)5-15)23-7-13-9-24(19(27)29-2)10-14(13)8-23/h3-5,13-14,16H,6-11H2,1-2H3,(H,22,26)/t13-,14+,16-/m0/s1. The quantitative estimate of drug-likeness (QED) is 0.792. The predicted molar refractivity (Wildman–Crippen MR) is 106 cm³/mol. The van der Waals surface area contributed by atoms with Crippen molar-refractivity contribution in [1.82, 2.24) is 10.2 Å². The highest BCUT2D eigenvalue weighted by Gasteiger charge is 2.42. The van der Waals surface area contributed by atoms with Gasteiger partial charge in [-0.3, -0.25) is 9.69 Å². The number of hydrogen-bond acceptors (Lipinski definition) is 6. The summed E-state index contributed by atoms with van der Waals surface area (Å²) >= 11 is 0. The molecule has 4 rings (SSSR count). The Morgan fingerprint density at radius 1 is 1.20 bits per heavy atom. The van der Waals surface area contributed by atoms with Crippen LogP contribution in [0.1, 0.15) is 6.92 Å². The molecular formula is C20H25FN4O5. The monoisotopic (exact) mass is 420 g/mol. The number of anilines is 2.